The van der Waals surface area contributed by atoms with E-state index in [1.807, 2.05) is 0 Å². The van der Waals surface area contributed by atoms with Crippen LogP contribution in [0.3, 0.4) is 0 Å². The molecule has 1 fully saturated rings. The Balaban J connectivity index is 1.91. The van der Waals surface area contributed by atoms with Gasteiger partial charge in [-0.3, -0.25) is 13.9 Å². The summed E-state index contributed by atoms with van der Waals surface area (Å²) in [5.74, 6) is -1.70. The Kier molecular flexibility index (Phi) is 9.49. The molecular formula is C24H27Cl3FN3O4S. The largest absolute Gasteiger partial charge is 0.352 e. The molecule has 0 radical (unpaired) electrons. The van der Waals surface area contributed by atoms with Crippen LogP contribution < -0.4 is 9.62 Å². The Labute approximate surface area is 225 Å². The van der Waals surface area contributed by atoms with E-state index in [1.54, 1.807) is 25.1 Å². The first-order chi connectivity index (χ1) is 16.9. The van der Waals surface area contributed by atoms with Gasteiger partial charge in [0, 0.05) is 12.6 Å². The van der Waals surface area contributed by atoms with Crippen LogP contribution in [-0.4, -0.2) is 50.0 Å². The van der Waals surface area contributed by atoms with E-state index in [2.05, 4.69) is 5.32 Å². The monoisotopic (exact) mass is 577 g/mol. The number of sulfonamides is 1. The third-order valence-electron chi connectivity index (χ3n) is 6.08. The molecule has 0 spiro atoms. The number of hydrogen-bond donors (Lipinski definition) is 1. The first-order valence-electron chi connectivity index (χ1n) is 11.3. The molecule has 0 aromatic heterocycles. The molecule has 2 aromatic carbocycles. The second kappa shape index (κ2) is 12.0. The van der Waals surface area contributed by atoms with Crippen LogP contribution >= 0.6 is 34.8 Å². The molecule has 0 heterocycles. The topological polar surface area (TPSA) is 86.8 Å². The van der Waals surface area contributed by atoms with Gasteiger partial charge in [-0.05, 0) is 55.7 Å². The lowest BCUT2D eigenvalue weighted by atomic mass is 10.1. The zero-order valence-corrected chi connectivity index (χ0v) is 22.9. The molecular weight excluding hydrogens is 552 g/mol. The van der Waals surface area contributed by atoms with Gasteiger partial charge in [0.2, 0.25) is 21.8 Å². The highest BCUT2D eigenvalue weighted by molar-refractivity contribution is 7.92. The molecule has 7 nitrogen and oxygen atoms in total. The summed E-state index contributed by atoms with van der Waals surface area (Å²) in [5, 5.41) is 3.31. The highest BCUT2D eigenvalue weighted by atomic mass is 35.5. The second-order valence-corrected chi connectivity index (χ2v) is 11.9. The molecule has 0 unspecified atom stereocenters. The van der Waals surface area contributed by atoms with Gasteiger partial charge in [-0.2, -0.15) is 0 Å². The average molecular weight is 579 g/mol. The van der Waals surface area contributed by atoms with Crippen LogP contribution in [0.25, 0.3) is 0 Å². The van der Waals surface area contributed by atoms with Crippen molar-refractivity contribution in [2.24, 2.45) is 0 Å². The van der Waals surface area contributed by atoms with Crippen molar-refractivity contribution < 1.29 is 22.4 Å². The zero-order chi connectivity index (χ0) is 26.6. The number of carbonyl (C=O) groups excluding carboxylic acids is 2. The fraction of sp³-hybridized carbons (Fsp3) is 0.417. The SMILES string of the molecule is C[C@H](C(=O)NC1CCCC1)N(Cc1ccc(Cl)c(Cl)c1)C(=O)CN(c1ccc(F)c(Cl)c1)S(C)(=O)=O. The number of anilines is 1. The van der Waals surface area contributed by atoms with Crippen LogP contribution in [0.15, 0.2) is 36.4 Å². The van der Waals surface area contributed by atoms with Crippen LogP contribution in [0.2, 0.25) is 15.1 Å². The first-order valence-corrected chi connectivity index (χ1v) is 14.3. The van der Waals surface area contributed by atoms with Gasteiger partial charge in [-0.1, -0.05) is 53.7 Å². The molecule has 0 saturated heterocycles. The smallest absolute Gasteiger partial charge is 0.244 e. The van der Waals surface area contributed by atoms with E-state index >= 15 is 0 Å². The quantitative estimate of drug-likeness (QED) is 0.452. The molecule has 1 atom stereocenters. The number of rotatable bonds is 9. The molecule has 1 N–H and O–H groups in total. The molecule has 0 bridgehead atoms. The Morgan fingerprint density at radius 3 is 2.31 bits per heavy atom. The molecule has 3 rings (SSSR count). The van der Waals surface area contributed by atoms with Crippen molar-refractivity contribution in [1.29, 1.82) is 0 Å². The highest BCUT2D eigenvalue weighted by Crippen LogP contribution is 2.26. The van der Waals surface area contributed by atoms with E-state index < -0.39 is 34.3 Å². The summed E-state index contributed by atoms with van der Waals surface area (Å²) in [4.78, 5) is 27.9. The van der Waals surface area contributed by atoms with Gasteiger partial charge >= 0.3 is 0 Å². The molecule has 1 saturated carbocycles. The fourth-order valence-corrected chi connectivity index (χ4v) is 5.40. The van der Waals surface area contributed by atoms with E-state index in [4.69, 9.17) is 34.8 Å². The van der Waals surface area contributed by atoms with Crippen molar-refractivity contribution in [3.8, 4) is 0 Å². The number of hydrogen-bond acceptors (Lipinski definition) is 4. The van der Waals surface area contributed by atoms with Crippen molar-refractivity contribution in [2.75, 3.05) is 17.1 Å². The maximum atomic E-state index is 13.7. The zero-order valence-electron chi connectivity index (χ0n) is 19.8. The van der Waals surface area contributed by atoms with Gasteiger partial charge in [-0.15, -0.1) is 0 Å². The van der Waals surface area contributed by atoms with Gasteiger partial charge < -0.3 is 10.2 Å². The molecule has 1 aliphatic carbocycles. The summed E-state index contributed by atoms with van der Waals surface area (Å²) >= 11 is 18.0. The number of halogens is 4. The Morgan fingerprint density at radius 2 is 1.72 bits per heavy atom. The number of amides is 2. The van der Waals surface area contributed by atoms with E-state index in [1.165, 1.54) is 11.0 Å². The standard InChI is InChI=1S/C24H27Cl3FN3O4S/c1-15(24(33)29-17-5-3-4-6-17)30(13-16-7-9-19(25)20(26)11-16)23(32)14-31(36(2,34)35)18-8-10-22(28)21(27)12-18/h7-12,15,17H,3-6,13-14H2,1-2H3,(H,29,33)/t15-/m1/s1. The van der Waals surface area contributed by atoms with E-state index in [9.17, 15) is 22.4 Å². The Hall–Kier alpha value is -2.07. The van der Waals surface area contributed by atoms with Crippen LogP contribution in [0, 0.1) is 5.82 Å². The summed E-state index contributed by atoms with van der Waals surface area (Å²) in [6.07, 6.45) is 4.71. The molecule has 2 aromatic rings. The summed E-state index contributed by atoms with van der Waals surface area (Å²) in [5.41, 5.74) is 0.629. The van der Waals surface area contributed by atoms with Crippen molar-refractivity contribution in [3.63, 3.8) is 0 Å². The number of nitrogens with one attached hydrogen (secondary N) is 1. The first kappa shape index (κ1) is 28.5. The Morgan fingerprint density at radius 1 is 1.06 bits per heavy atom. The maximum Gasteiger partial charge on any atom is 0.244 e. The van der Waals surface area contributed by atoms with Crippen molar-refractivity contribution in [1.82, 2.24) is 10.2 Å². The lowest BCUT2D eigenvalue weighted by Crippen LogP contribution is -2.52. The summed E-state index contributed by atoms with van der Waals surface area (Å²) < 4.78 is 39.6. The second-order valence-electron chi connectivity index (χ2n) is 8.80. The molecule has 1 aliphatic rings. The summed E-state index contributed by atoms with van der Waals surface area (Å²) in [6.45, 7) is 0.944. The molecule has 36 heavy (non-hydrogen) atoms. The number of benzene rings is 2. The van der Waals surface area contributed by atoms with Crippen LogP contribution in [0.1, 0.15) is 38.2 Å². The van der Waals surface area contributed by atoms with Gasteiger partial charge in [0.1, 0.15) is 18.4 Å². The van der Waals surface area contributed by atoms with Crippen molar-refractivity contribution in [3.05, 3.63) is 62.8 Å². The van der Waals surface area contributed by atoms with Gasteiger partial charge in [-0.25, -0.2) is 12.8 Å². The minimum atomic E-state index is -3.96. The number of carbonyl (C=O) groups is 2. The van der Waals surface area contributed by atoms with Crippen LogP contribution in [0.4, 0.5) is 10.1 Å². The highest BCUT2D eigenvalue weighted by Gasteiger charge is 2.31. The van der Waals surface area contributed by atoms with E-state index in [0.717, 1.165) is 48.4 Å². The van der Waals surface area contributed by atoms with E-state index in [0.29, 0.717) is 10.6 Å². The molecule has 196 valence electrons. The van der Waals surface area contributed by atoms with Crippen LogP contribution in [0.5, 0.6) is 0 Å². The average Bonchev–Trinajstić information content (AvgIpc) is 3.31. The van der Waals surface area contributed by atoms with Gasteiger partial charge in [0.15, 0.2) is 0 Å². The summed E-state index contributed by atoms with van der Waals surface area (Å²) in [7, 11) is -3.96. The van der Waals surface area contributed by atoms with E-state index in [-0.39, 0.29) is 34.2 Å². The molecule has 12 heteroatoms. The predicted molar refractivity (Wildman–Crippen MR) is 140 cm³/mol. The Bertz CT molecular complexity index is 1240. The third kappa shape index (κ3) is 7.25. The lowest BCUT2D eigenvalue weighted by Gasteiger charge is -2.32. The van der Waals surface area contributed by atoms with Crippen molar-refractivity contribution in [2.45, 2.75) is 51.2 Å². The normalized spacial score (nSPS) is 14.9. The number of nitrogens with zero attached hydrogens (tertiary/aromatic N) is 2. The fourth-order valence-electron chi connectivity index (χ4n) is 4.06. The summed E-state index contributed by atoms with van der Waals surface area (Å²) in [6, 6.07) is 7.32. The third-order valence-corrected chi connectivity index (χ3v) is 8.25. The maximum absolute atomic E-state index is 13.7. The van der Waals surface area contributed by atoms with Crippen LogP contribution in [-0.2, 0) is 26.2 Å². The molecule has 2 amide bonds. The minimum absolute atomic E-state index is 0.0171. The molecule has 0 aliphatic heterocycles. The van der Waals surface area contributed by atoms with Gasteiger partial charge in [0.25, 0.3) is 0 Å². The predicted octanol–water partition coefficient (Wildman–Crippen LogP) is 5.03. The minimum Gasteiger partial charge on any atom is -0.352 e. The lowest BCUT2D eigenvalue weighted by molar-refractivity contribution is -0.139. The van der Waals surface area contributed by atoms with Crippen molar-refractivity contribution >= 4 is 62.3 Å². The van der Waals surface area contributed by atoms with Gasteiger partial charge in [0.05, 0.1) is 27.0 Å².